The summed E-state index contributed by atoms with van der Waals surface area (Å²) in [7, 11) is 1.61. The van der Waals surface area contributed by atoms with Crippen molar-refractivity contribution in [1.29, 1.82) is 0 Å². The molecule has 190 valence electrons. The molecule has 8 heteroatoms. The quantitative estimate of drug-likeness (QED) is 0.347. The molecule has 2 aromatic carbocycles. The van der Waals surface area contributed by atoms with Crippen LogP contribution in [0.1, 0.15) is 57.4 Å². The first-order chi connectivity index (χ1) is 16.9. The van der Waals surface area contributed by atoms with Crippen LogP contribution >= 0.6 is 23.2 Å². The summed E-state index contributed by atoms with van der Waals surface area (Å²) in [5, 5.41) is 4.03. The molecule has 2 amide bonds. The Balaban J connectivity index is 1.65. The molecule has 35 heavy (non-hydrogen) atoms. The molecule has 3 rings (SSSR count). The predicted octanol–water partition coefficient (Wildman–Crippen LogP) is 6.03. The van der Waals surface area contributed by atoms with Gasteiger partial charge in [-0.1, -0.05) is 49.0 Å². The summed E-state index contributed by atoms with van der Waals surface area (Å²) in [5.74, 6) is 1.28. The maximum Gasteiger partial charge on any atom is 0.243 e. The number of halogens is 2. The monoisotopic (exact) mass is 520 g/mol. The average molecular weight is 521 g/mol. The summed E-state index contributed by atoms with van der Waals surface area (Å²) >= 11 is 12.3. The number of amides is 2. The van der Waals surface area contributed by atoms with Gasteiger partial charge < -0.3 is 19.7 Å². The van der Waals surface area contributed by atoms with Crippen LogP contribution in [0.15, 0.2) is 42.5 Å². The maximum atomic E-state index is 13.4. The third-order valence-corrected chi connectivity index (χ3v) is 7.03. The fourth-order valence-electron chi connectivity index (χ4n) is 4.35. The van der Waals surface area contributed by atoms with Gasteiger partial charge in [0.1, 0.15) is 17.5 Å². The van der Waals surface area contributed by atoms with Crippen LogP contribution in [0.25, 0.3) is 0 Å². The highest BCUT2D eigenvalue weighted by Crippen LogP contribution is 2.25. The lowest BCUT2D eigenvalue weighted by Gasteiger charge is -2.31. The highest BCUT2D eigenvalue weighted by atomic mass is 35.5. The molecule has 0 heterocycles. The fraction of sp³-hybridized carbons (Fsp3) is 0.481. The predicted molar refractivity (Wildman–Crippen MR) is 139 cm³/mol. The van der Waals surface area contributed by atoms with E-state index >= 15 is 0 Å². The zero-order valence-corrected chi connectivity index (χ0v) is 21.9. The molecule has 6 nitrogen and oxygen atoms in total. The Kier molecular flexibility index (Phi) is 10.5. The van der Waals surface area contributed by atoms with E-state index in [1.165, 1.54) is 0 Å². The fourth-order valence-corrected chi connectivity index (χ4v) is 4.67. The number of benzene rings is 2. The van der Waals surface area contributed by atoms with Gasteiger partial charge in [-0.3, -0.25) is 9.59 Å². The highest BCUT2D eigenvalue weighted by Gasteiger charge is 2.30. The van der Waals surface area contributed by atoms with Crippen LogP contribution in [-0.2, 0) is 16.1 Å². The lowest BCUT2D eigenvalue weighted by molar-refractivity contribution is -0.141. The van der Waals surface area contributed by atoms with Gasteiger partial charge in [0.15, 0.2) is 0 Å². The molecule has 0 aliphatic heterocycles. The number of carbonyl (C=O) groups is 2. The van der Waals surface area contributed by atoms with Gasteiger partial charge in [-0.2, -0.15) is 0 Å². The van der Waals surface area contributed by atoms with Crippen molar-refractivity contribution in [1.82, 2.24) is 10.2 Å². The van der Waals surface area contributed by atoms with E-state index in [9.17, 15) is 9.59 Å². The summed E-state index contributed by atoms with van der Waals surface area (Å²) < 4.78 is 10.9. The molecule has 1 atom stereocenters. The normalized spacial score (nSPS) is 14.4. The standard InChI is InChI=1S/C27H34Cl2N2O4/c1-3-25(27(33)30-20-7-4-5-8-20)31(18-19-10-15-23(28)24(29)17-19)26(32)9-6-16-35-22-13-11-21(34-2)12-14-22/h10-15,17,20,25H,3-9,16,18H2,1-2H3,(H,30,33). The molecule has 0 saturated heterocycles. The summed E-state index contributed by atoms with van der Waals surface area (Å²) in [5.41, 5.74) is 0.828. The van der Waals surface area contributed by atoms with Crippen molar-refractivity contribution in [2.75, 3.05) is 13.7 Å². The Labute approximate surface area is 217 Å². The molecule has 0 radical (unpaired) electrons. The molecular weight excluding hydrogens is 487 g/mol. The number of rotatable bonds is 12. The Morgan fingerprint density at radius 3 is 2.37 bits per heavy atom. The van der Waals surface area contributed by atoms with Gasteiger partial charge >= 0.3 is 0 Å². The zero-order valence-electron chi connectivity index (χ0n) is 20.4. The Morgan fingerprint density at radius 2 is 1.74 bits per heavy atom. The highest BCUT2D eigenvalue weighted by molar-refractivity contribution is 6.42. The number of ether oxygens (including phenoxy) is 2. The first-order valence-electron chi connectivity index (χ1n) is 12.2. The second kappa shape index (κ2) is 13.6. The minimum absolute atomic E-state index is 0.0946. The van der Waals surface area contributed by atoms with E-state index in [0.717, 1.165) is 37.0 Å². The molecule has 1 fully saturated rings. The van der Waals surface area contributed by atoms with Crippen molar-refractivity contribution in [2.45, 2.75) is 70.5 Å². The Hall–Kier alpha value is -2.44. The van der Waals surface area contributed by atoms with E-state index in [0.29, 0.717) is 35.2 Å². The molecule has 0 aromatic heterocycles. The minimum atomic E-state index is -0.555. The van der Waals surface area contributed by atoms with Crippen LogP contribution in [0.3, 0.4) is 0 Å². The molecular formula is C27H34Cl2N2O4. The molecule has 2 aromatic rings. The van der Waals surface area contributed by atoms with Crippen molar-refractivity contribution >= 4 is 35.0 Å². The van der Waals surface area contributed by atoms with Crippen molar-refractivity contribution < 1.29 is 19.1 Å². The SMILES string of the molecule is CCC(C(=O)NC1CCCC1)N(Cc1ccc(Cl)c(Cl)c1)C(=O)CCCOc1ccc(OC)cc1. The largest absolute Gasteiger partial charge is 0.497 e. The summed E-state index contributed by atoms with van der Waals surface area (Å²) in [6.07, 6.45) is 5.56. The number of hydrogen-bond donors (Lipinski definition) is 1. The Bertz CT molecular complexity index is 978. The van der Waals surface area contributed by atoms with E-state index in [-0.39, 0.29) is 30.8 Å². The number of hydrogen-bond acceptors (Lipinski definition) is 4. The second-order valence-electron chi connectivity index (χ2n) is 8.81. The summed E-state index contributed by atoms with van der Waals surface area (Å²) in [4.78, 5) is 28.2. The van der Waals surface area contributed by atoms with E-state index in [1.54, 1.807) is 24.1 Å². The van der Waals surface area contributed by atoms with Gasteiger partial charge in [-0.25, -0.2) is 0 Å². The topological polar surface area (TPSA) is 67.9 Å². The van der Waals surface area contributed by atoms with E-state index < -0.39 is 6.04 Å². The Morgan fingerprint density at radius 1 is 1.06 bits per heavy atom. The van der Waals surface area contributed by atoms with Crippen molar-refractivity contribution in [2.24, 2.45) is 0 Å². The maximum absolute atomic E-state index is 13.4. The lowest BCUT2D eigenvalue weighted by atomic mass is 10.1. The second-order valence-corrected chi connectivity index (χ2v) is 9.63. The number of carbonyl (C=O) groups excluding carboxylic acids is 2. The number of nitrogens with one attached hydrogen (secondary N) is 1. The molecule has 1 aliphatic carbocycles. The minimum Gasteiger partial charge on any atom is -0.497 e. The zero-order chi connectivity index (χ0) is 25.2. The first-order valence-corrected chi connectivity index (χ1v) is 13.0. The van der Waals surface area contributed by atoms with Crippen molar-refractivity contribution in [3.05, 3.63) is 58.1 Å². The van der Waals surface area contributed by atoms with Gasteiger partial charge in [0.05, 0.1) is 23.8 Å². The van der Waals surface area contributed by atoms with Gasteiger partial charge in [0.2, 0.25) is 11.8 Å². The molecule has 0 spiro atoms. The molecule has 1 aliphatic rings. The van der Waals surface area contributed by atoms with E-state index in [1.807, 2.05) is 37.3 Å². The van der Waals surface area contributed by atoms with Crippen LogP contribution in [0.2, 0.25) is 10.0 Å². The average Bonchev–Trinajstić information content (AvgIpc) is 3.37. The van der Waals surface area contributed by atoms with Crippen LogP contribution in [0.5, 0.6) is 11.5 Å². The van der Waals surface area contributed by atoms with Gasteiger partial charge in [0, 0.05) is 19.0 Å². The number of nitrogens with zero attached hydrogens (tertiary/aromatic N) is 1. The lowest BCUT2D eigenvalue weighted by Crippen LogP contribution is -2.50. The third-order valence-electron chi connectivity index (χ3n) is 6.29. The molecule has 1 saturated carbocycles. The van der Waals surface area contributed by atoms with Gasteiger partial charge in [0.25, 0.3) is 0 Å². The number of methoxy groups -OCH3 is 1. The van der Waals surface area contributed by atoms with Gasteiger partial charge in [-0.05, 0) is 67.6 Å². The third kappa shape index (κ3) is 8.04. The van der Waals surface area contributed by atoms with Crippen LogP contribution in [-0.4, -0.2) is 42.5 Å². The summed E-state index contributed by atoms with van der Waals surface area (Å²) in [6.45, 7) is 2.61. The van der Waals surface area contributed by atoms with Crippen LogP contribution < -0.4 is 14.8 Å². The van der Waals surface area contributed by atoms with Crippen molar-refractivity contribution in [3.8, 4) is 11.5 Å². The van der Waals surface area contributed by atoms with E-state index in [4.69, 9.17) is 32.7 Å². The van der Waals surface area contributed by atoms with Crippen molar-refractivity contribution in [3.63, 3.8) is 0 Å². The molecule has 0 bridgehead atoms. The van der Waals surface area contributed by atoms with Crippen LogP contribution in [0, 0.1) is 0 Å². The summed E-state index contributed by atoms with van der Waals surface area (Å²) in [6, 6.07) is 12.3. The molecule has 1 N–H and O–H groups in total. The smallest absolute Gasteiger partial charge is 0.243 e. The first kappa shape index (κ1) is 27.2. The van der Waals surface area contributed by atoms with Crippen LogP contribution in [0.4, 0.5) is 0 Å². The van der Waals surface area contributed by atoms with Gasteiger partial charge in [-0.15, -0.1) is 0 Å². The van der Waals surface area contributed by atoms with E-state index in [2.05, 4.69) is 5.32 Å². The molecule has 1 unspecified atom stereocenters.